The molecule has 13 nitrogen and oxygen atoms in total. The van der Waals surface area contributed by atoms with Gasteiger partial charge in [0.05, 0.1) is 21.2 Å². The molecule has 0 aliphatic rings. The average molecular weight is 588 g/mol. The molecule has 0 radical (unpaired) electrons. The summed E-state index contributed by atoms with van der Waals surface area (Å²) in [6.45, 7) is 0. The van der Waals surface area contributed by atoms with Crippen LogP contribution in [-0.2, 0) is 20.2 Å². The van der Waals surface area contributed by atoms with Crippen LogP contribution < -0.4 is 96.6 Å². The van der Waals surface area contributed by atoms with Crippen molar-refractivity contribution in [2.24, 2.45) is 10.2 Å². The Balaban J connectivity index is 0.00000267. The maximum Gasteiger partial charge on any atom is 1.00 e. The summed E-state index contributed by atoms with van der Waals surface area (Å²) in [6, 6.07) is 13.4. The number of nitrogens with one attached hydrogen (secondary N) is 2. The molecule has 0 heterocycles. The van der Waals surface area contributed by atoms with Crippen LogP contribution in [0, 0.1) is 0 Å². The summed E-state index contributed by atoms with van der Waals surface area (Å²) in [4.78, 5) is 23.3. The number of rotatable bonds is 6. The topological polar surface area (TPSA) is 218 Å². The van der Waals surface area contributed by atoms with E-state index in [4.69, 9.17) is 0 Å². The maximum atomic E-state index is 12.8. The smallest absolute Gasteiger partial charge is 0.872 e. The fourth-order valence-corrected chi connectivity index (χ4v) is 4.36. The number of anilines is 2. The third-order valence-corrected chi connectivity index (χ3v) is 6.63. The minimum Gasteiger partial charge on any atom is -0.872 e. The SMILES string of the molecule is O=c1cc/c(=N/Nc2cc(S(=O)(=O)[O-])cc3cc(S(=O)(=O)O)cc([O-])c23)c(=O)/c1=N\Nc1ccccc1.[Na+].[Na+]. The fraction of sp³-hybridized carbons (Fsp3) is 0. The molecule has 0 saturated carbocycles. The molecule has 0 fully saturated rings. The summed E-state index contributed by atoms with van der Waals surface area (Å²) in [5.41, 5.74) is 3.41. The quantitative estimate of drug-likeness (QED) is 0.109. The zero-order chi connectivity index (χ0) is 27.0. The number of nitrogens with zero attached hydrogens (tertiary/aromatic N) is 2. The molecule has 3 N–H and O–H groups in total. The molecule has 39 heavy (non-hydrogen) atoms. The summed E-state index contributed by atoms with van der Waals surface area (Å²) in [6.07, 6.45) is 0. The van der Waals surface area contributed by atoms with Gasteiger partial charge in [0.1, 0.15) is 15.5 Å². The Hall–Kier alpha value is -2.44. The Labute approximate surface area is 264 Å². The molecule has 0 unspecified atom stereocenters. The van der Waals surface area contributed by atoms with Crippen LogP contribution in [0.1, 0.15) is 0 Å². The van der Waals surface area contributed by atoms with Gasteiger partial charge in [0.15, 0.2) is 5.36 Å². The largest absolute Gasteiger partial charge is 1.00 e. The van der Waals surface area contributed by atoms with E-state index in [1.165, 1.54) is 0 Å². The monoisotopic (exact) mass is 588 g/mol. The van der Waals surface area contributed by atoms with Crippen molar-refractivity contribution in [3.8, 4) is 5.75 Å². The molecular formula is C22H14N4Na2O9S2. The molecule has 0 bridgehead atoms. The van der Waals surface area contributed by atoms with Gasteiger partial charge in [-0.2, -0.15) is 18.6 Å². The Morgan fingerprint density at radius 1 is 0.795 bits per heavy atom. The minimum atomic E-state index is -5.09. The van der Waals surface area contributed by atoms with E-state index >= 15 is 0 Å². The Kier molecular flexibility index (Phi) is 10.8. The van der Waals surface area contributed by atoms with Gasteiger partial charge in [-0.05, 0) is 59.3 Å². The normalized spacial score (nSPS) is 12.5. The van der Waals surface area contributed by atoms with Crippen molar-refractivity contribution in [2.45, 2.75) is 9.79 Å². The van der Waals surface area contributed by atoms with Gasteiger partial charge >= 0.3 is 59.1 Å². The molecule has 0 aromatic heterocycles. The van der Waals surface area contributed by atoms with E-state index in [1.807, 2.05) is 0 Å². The molecule has 0 atom stereocenters. The van der Waals surface area contributed by atoms with Gasteiger partial charge in [0.2, 0.25) is 10.9 Å². The van der Waals surface area contributed by atoms with Crippen molar-refractivity contribution < 1.29 is 90.2 Å². The summed E-state index contributed by atoms with van der Waals surface area (Å²) in [7, 11) is -9.92. The van der Waals surface area contributed by atoms with Crippen molar-refractivity contribution >= 4 is 42.4 Å². The molecule has 0 spiro atoms. The molecule has 0 amide bonds. The molecule has 4 aromatic rings. The van der Waals surface area contributed by atoms with Crippen molar-refractivity contribution in [1.82, 2.24) is 0 Å². The van der Waals surface area contributed by atoms with Crippen LogP contribution in [0.5, 0.6) is 5.75 Å². The predicted octanol–water partition coefficient (Wildman–Crippen LogP) is -6.48. The van der Waals surface area contributed by atoms with Crippen molar-refractivity contribution in [3.05, 3.63) is 97.9 Å². The van der Waals surface area contributed by atoms with Gasteiger partial charge in [-0.15, -0.1) is 0 Å². The van der Waals surface area contributed by atoms with E-state index in [1.54, 1.807) is 30.3 Å². The number of hydrogen-bond acceptors (Lipinski definition) is 12. The van der Waals surface area contributed by atoms with E-state index in [-0.39, 0.29) is 80.9 Å². The zero-order valence-corrected chi connectivity index (χ0v) is 25.9. The van der Waals surface area contributed by atoms with Gasteiger partial charge < -0.3 is 9.66 Å². The second kappa shape index (κ2) is 12.8. The first-order chi connectivity index (χ1) is 17.3. The van der Waals surface area contributed by atoms with E-state index < -0.39 is 52.0 Å². The van der Waals surface area contributed by atoms with Gasteiger partial charge in [0, 0.05) is 0 Å². The van der Waals surface area contributed by atoms with Gasteiger partial charge in [-0.3, -0.25) is 25.0 Å². The summed E-state index contributed by atoms with van der Waals surface area (Å²) >= 11 is 0. The Morgan fingerprint density at radius 2 is 1.44 bits per heavy atom. The van der Waals surface area contributed by atoms with Crippen molar-refractivity contribution in [1.29, 1.82) is 0 Å². The van der Waals surface area contributed by atoms with E-state index in [9.17, 15) is 40.6 Å². The Bertz CT molecular complexity index is 1990. The minimum absolute atomic E-state index is 0. The number of para-hydroxylation sites is 1. The molecule has 4 rings (SSSR count). The Morgan fingerprint density at radius 3 is 2.05 bits per heavy atom. The molecule has 0 aliphatic heterocycles. The third kappa shape index (κ3) is 7.61. The molecule has 0 aliphatic carbocycles. The first-order valence-electron chi connectivity index (χ1n) is 10.1. The van der Waals surface area contributed by atoms with Crippen LogP contribution in [0.2, 0.25) is 0 Å². The van der Waals surface area contributed by atoms with Gasteiger partial charge in [-0.25, -0.2) is 8.42 Å². The van der Waals surface area contributed by atoms with E-state index in [2.05, 4.69) is 21.1 Å². The predicted molar refractivity (Wildman–Crippen MR) is 127 cm³/mol. The number of hydrogen-bond donors (Lipinski definition) is 3. The zero-order valence-electron chi connectivity index (χ0n) is 20.3. The van der Waals surface area contributed by atoms with Crippen LogP contribution >= 0.6 is 0 Å². The molecule has 4 aromatic carbocycles. The van der Waals surface area contributed by atoms with Gasteiger partial charge in [-0.1, -0.05) is 23.9 Å². The summed E-state index contributed by atoms with van der Waals surface area (Å²) in [5.74, 6) is -0.960. The van der Waals surface area contributed by atoms with Crippen molar-refractivity contribution in [3.63, 3.8) is 0 Å². The van der Waals surface area contributed by atoms with Gasteiger partial charge in [0.25, 0.3) is 10.1 Å². The number of benzene rings is 4. The average Bonchev–Trinajstić information content (AvgIpc) is 2.82. The summed E-state index contributed by atoms with van der Waals surface area (Å²) in [5, 5.41) is 18.8. The molecule has 0 saturated heterocycles. The molecule has 17 heteroatoms. The van der Waals surface area contributed by atoms with Crippen LogP contribution in [0.4, 0.5) is 11.4 Å². The molecular weight excluding hydrogens is 574 g/mol. The standard InChI is InChI=1S/C22H16N4O9S2.2Na/c27-18-7-6-16(22(29)21(18)26-23-13-4-2-1-3-5-13)24-25-17-10-14(36(30,31)32)8-12-9-15(37(33,34)35)11-19(28)20(12)17;;/h1-11,23,25,28H,(H,30,31,32)(H,33,34,35);;/q;2*+1/p-2/b24-16-,26-21-;;. The van der Waals surface area contributed by atoms with E-state index in [0.29, 0.717) is 11.8 Å². The van der Waals surface area contributed by atoms with Crippen LogP contribution in [0.25, 0.3) is 10.8 Å². The van der Waals surface area contributed by atoms with E-state index in [0.717, 1.165) is 30.3 Å². The maximum absolute atomic E-state index is 12.8. The first kappa shape index (κ1) is 32.8. The van der Waals surface area contributed by atoms with Crippen LogP contribution in [0.3, 0.4) is 0 Å². The third-order valence-electron chi connectivity index (χ3n) is 4.99. The van der Waals surface area contributed by atoms with Crippen molar-refractivity contribution in [2.75, 3.05) is 10.9 Å². The second-order valence-electron chi connectivity index (χ2n) is 7.49. The van der Waals surface area contributed by atoms with Crippen LogP contribution in [0.15, 0.2) is 96.3 Å². The molecule has 190 valence electrons. The first-order valence-corrected chi connectivity index (χ1v) is 12.9. The fourth-order valence-electron chi connectivity index (χ4n) is 3.29. The summed E-state index contributed by atoms with van der Waals surface area (Å²) < 4.78 is 67.1. The second-order valence-corrected chi connectivity index (χ2v) is 10.3. The van der Waals surface area contributed by atoms with Crippen LogP contribution in [-0.4, -0.2) is 25.9 Å². The number of fused-ring (bicyclic) bond motifs is 1.